The zero-order valence-electron chi connectivity index (χ0n) is 12.6. The molecule has 0 amide bonds. The van der Waals surface area contributed by atoms with Crippen LogP contribution in [0.5, 0.6) is 0 Å². The minimum absolute atomic E-state index is 0.854. The molecule has 0 unspecified atom stereocenters. The molecule has 0 atom stereocenters. The summed E-state index contributed by atoms with van der Waals surface area (Å²) < 4.78 is 0. The highest BCUT2D eigenvalue weighted by Gasteiger charge is 2.05. The van der Waals surface area contributed by atoms with E-state index in [4.69, 9.17) is 0 Å². The van der Waals surface area contributed by atoms with Gasteiger partial charge in [0.2, 0.25) is 0 Å². The Labute approximate surface area is 126 Å². The first-order valence-electron chi connectivity index (χ1n) is 7.82. The molecule has 3 rings (SSSR count). The normalized spacial score (nSPS) is 13.6. The lowest BCUT2D eigenvalue weighted by Crippen LogP contribution is -1.99. The molecule has 2 aromatic carbocycles. The third kappa shape index (κ3) is 3.52. The highest BCUT2D eigenvalue weighted by atomic mass is 14.9. The Morgan fingerprint density at radius 2 is 1.86 bits per heavy atom. The van der Waals surface area contributed by atoms with E-state index in [1.54, 1.807) is 0 Å². The summed E-state index contributed by atoms with van der Waals surface area (Å²) in [4.78, 5) is 4.56. The monoisotopic (exact) mass is 278 g/mol. The first kappa shape index (κ1) is 13.9. The molecule has 0 spiro atoms. The fraction of sp³-hybridized carbons (Fsp3) is 0.316. The molecule has 0 bridgehead atoms. The van der Waals surface area contributed by atoms with Crippen molar-refractivity contribution < 1.29 is 0 Å². The lowest BCUT2D eigenvalue weighted by atomic mass is 10.1. The van der Waals surface area contributed by atoms with Crippen LogP contribution in [-0.4, -0.2) is 6.21 Å². The average Bonchev–Trinajstić information content (AvgIpc) is 2.78. The van der Waals surface area contributed by atoms with Gasteiger partial charge in [-0.05, 0) is 54.5 Å². The number of nitrogens with zero attached hydrogens (tertiary/aromatic N) is 1. The number of aryl methyl sites for hydroxylation is 2. The highest BCUT2D eigenvalue weighted by molar-refractivity contribution is 5.69. The van der Waals surface area contributed by atoms with Gasteiger partial charge in [0.05, 0.1) is 5.69 Å². The molecular formula is C19H22N2. The van der Waals surface area contributed by atoms with Gasteiger partial charge in [0, 0.05) is 18.4 Å². The van der Waals surface area contributed by atoms with Crippen molar-refractivity contribution in [2.24, 2.45) is 4.99 Å². The van der Waals surface area contributed by atoms with E-state index in [0.29, 0.717) is 0 Å². The van der Waals surface area contributed by atoms with E-state index in [9.17, 15) is 0 Å². The Bertz CT molecular complexity index is 627. The van der Waals surface area contributed by atoms with E-state index in [1.165, 1.54) is 23.1 Å². The van der Waals surface area contributed by atoms with E-state index in [0.717, 1.165) is 37.2 Å². The predicted octanol–water partition coefficient (Wildman–Crippen LogP) is 4.90. The van der Waals surface area contributed by atoms with Gasteiger partial charge < -0.3 is 5.32 Å². The highest BCUT2D eigenvalue weighted by Crippen LogP contribution is 2.27. The molecule has 1 aliphatic rings. The first-order valence-corrected chi connectivity index (χ1v) is 7.82. The molecule has 2 nitrogen and oxygen atoms in total. The Balaban J connectivity index is 1.68. The molecule has 1 heterocycles. The minimum atomic E-state index is 0.854. The molecule has 0 aromatic heterocycles. The molecular weight excluding hydrogens is 256 g/mol. The zero-order chi connectivity index (χ0) is 14.5. The van der Waals surface area contributed by atoms with Crippen LogP contribution in [0.2, 0.25) is 0 Å². The molecule has 0 saturated carbocycles. The zero-order valence-corrected chi connectivity index (χ0v) is 12.6. The van der Waals surface area contributed by atoms with Gasteiger partial charge in [-0.2, -0.15) is 0 Å². The van der Waals surface area contributed by atoms with Crippen molar-refractivity contribution in [1.29, 1.82) is 0 Å². The fourth-order valence-electron chi connectivity index (χ4n) is 2.65. The third-order valence-corrected chi connectivity index (χ3v) is 4.02. The number of hydrogen-bond acceptors (Lipinski definition) is 2. The molecule has 0 aliphatic carbocycles. The maximum atomic E-state index is 4.56. The first-order chi connectivity index (χ1) is 10.3. The van der Waals surface area contributed by atoms with E-state index in [1.807, 2.05) is 6.21 Å². The lowest BCUT2D eigenvalue weighted by molar-refractivity contribution is 0.885. The van der Waals surface area contributed by atoms with E-state index in [-0.39, 0.29) is 0 Å². The molecule has 21 heavy (non-hydrogen) atoms. The van der Waals surface area contributed by atoms with Gasteiger partial charge in [0.15, 0.2) is 0 Å². The van der Waals surface area contributed by atoms with Crippen LogP contribution in [-0.2, 0) is 19.4 Å². The second kappa shape index (κ2) is 6.57. The van der Waals surface area contributed by atoms with Crippen molar-refractivity contribution in [2.45, 2.75) is 39.2 Å². The maximum absolute atomic E-state index is 4.56. The van der Waals surface area contributed by atoms with Crippen LogP contribution in [0.1, 0.15) is 36.5 Å². The Kier molecular flexibility index (Phi) is 4.34. The topological polar surface area (TPSA) is 24.4 Å². The molecule has 0 radical (unpaired) electrons. The minimum Gasteiger partial charge on any atom is -0.381 e. The second-order valence-corrected chi connectivity index (χ2v) is 5.57. The van der Waals surface area contributed by atoms with Crippen molar-refractivity contribution in [1.82, 2.24) is 0 Å². The van der Waals surface area contributed by atoms with E-state index in [2.05, 4.69) is 59.7 Å². The Morgan fingerprint density at radius 1 is 1.05 bits per heavy atom. The number of nitrogens with one attached hydrogen (secondary N) is 1. The van der Waals surface area contributed by atoms with Crippen molar-refractivity contribution in [3.05, 3.63) is 59.2 Å². The van der Waals surface area contributed by atoms with Gasteiger partial charge >= 0.3 is 0 Å². The van der Waals surface area contributed by atoms with Crippen LogP contribution >= 0.6 is 0 Å². The third-order valence-electron chi connectivity index (χ3n) is 4.02. The predicted molar refractivity (Wildman–Crippen MR) is 90.7 cm³/mol. The smallest absolute Gasteiger partial charge is 0.0678 e. The number of anilines is 1. The standard InChI is InChI=1S/C19H22N2/c1-2-15-6-8-16(9-7-15)14-21-18-11-10-17-5-3-4-12-20-19(17)13-18/h6-13,21H,2-5,14H2,1H3. The molecule has 1 N–H and O–H groups in total. The van der Waals surface area contributed by atoms with Crippen LogP contribution in [0.15, 0.2) is 47.5 Å². The summed E-state index contributed by atoms with van der Waals surface area (Å²) in [5.74, 6) is 0. The summed E-state index contributed by atoms with van der Waals surface area (Å²) in [6, 6.07) is 15.4. The summed E-state index contributed by atoms with van der Waals surface area (Å²) in [6.07, 6.45) is 6.55. The van der Waals surface area contributed by atoms with Crippen molar-refractivity contribution in [3.8, 4) is 0 Å². The van der Waals surface area contributed by atoms with Crippen molar-refractivity contribution >= 4 is 17.6 Å². The molecule has 1 aliphatic heterocycles. The van der Waals surface area contributed by atoms with Crippen LogP contribution < -0.4 is 5.32 Å². The number of benzene rings is 2. The van der Waals surface area contributed by atoms with Gasteiger partial charge in [0.25, 0.3) is 0 Å². The summed E-state index contributed by atoms with van der Waals surface area (Å²) in [7, 11) is 0. The molecule has 0 saturated heterocycles. The molecule has 0 fully saturated rings. The van der Waals surface area contributed by atoms with Gasteiger partial charge in [-0.25, -0.2) is 0 Å². The maximum Gasteiger partial charge on any atom is 0.0678 e. The molecule has 2 heteroatoms. The number of hydrogen-bond donors (Lipinski definition) is 1. The number of aliphatic imine (C=N–C) groups is 1. The largest absolute Gasteiger partial charge is 0.381 e. The fourth-order valence-corrected chi connectivity index (χ4v) is 2.65. The van der Waals surface area contributed by atoms with Crippen LogP contribution in [0, 0.1) is 0 Å². The SMILES string of the molecule is CCc1ccc(CNc2ccc3c(c2)N=CCCC3)cc1. The lowest BCUT2D eigenvalue weighted by Gasteiger charge is -2.10. The Morgan fingerprint density at radius 3 is 2.67 bits per heavy atom. The second-order valence-electron chi connectivity index (χ2n) is 5.57. The van der Waals surface area contributed by atoms with E-state index < -0.39 is 0 Å². The van der Waals surface area contributed by atoms with Gasteiger partial charge in [0.1, 0.15) is 0 Å². The average molecular weight is 278 g/mol. The number of rotatable bonds is 4. The molecule has 2 aromatic rings. The van der Waals surface area contributed by atoms with Crippen LogP contribution in [0.25, 0.3) is 0 Å². The van der Waals surface area contributed by atoms with Crippen molar-refractivity contribution in [2.75, 3.05) is 5.32 Å². The summed E-state index contributed by atoms with van der Waals surface area (Å²) in [5, 5.41) is 3.50. The molecule has 108 valence electrons. The van der Waals surface area contributed by atoms with E-state index >= 15 is 0 Å². The summed E-state index contributed by atoms with van der Waals surface area (Å²) in [6.45, 7) is 3.04. The van der Waals surface area contributed by atoms with Crippen molar-refractivity contribution in [3.63, 3.8) is 0 Å². The summed E-state index contributed by atoms with van der Waals surface area (Å²) in [5.41, 5.74) is 6.33. The Hall–Kier alpha value is -2.09. The summed E-state index contributed by atoms with van der Waals surface area (Å²) >= 11 is 0. The van der Waals surface area contributed by atoms with Crippen LogP contribution in [0.4, 0.5) is 11.4 Å². The quantitative estimate of drug-likeness (QED) is 0.845. The van der Waals surface area contributed by atoms with Gasteiger partial charge in [-0.1, -0.05) is 37.3 Å². The number of fused-ring (bicyclic) bond motifs is 1. The van der Waals surface area contributed by atoms with Gasteiger partial charge in [-0.3, -0.25) is 4.99 Å². The van der Waals surface area contributed by atoms with Gasteiger partial charge in [-0.15, -0.1) is 0 Å². The van der Waals surface area contributed by atoms with Crippen LogP contribution in [0.3, 0.4) is 0 Å².